The lowest BCUT2D eigenvalue weighted by Gasteiger charge is -2.14. The van der Waals surface area contributed by atoms with Gasteiger partial charge in [0.2, 0.25) is 5.78 Å². The first-order valence-electron chi connectivity index (χ1n) is 12.2. The summed E-state index contributed by atoms with van der Waals surface area (Å²) in [5.41, 5.74) is 2.32. The van der Waals surface area contributed by atoms with Gasteiger partial charge in [0.1, 0.15) is 0 Å². The van der Waals surface area contributed by atoms with Crippen molar-refractivity contribution >= 4 is 11.8 Å². The first kappa shape index (κ1) is 26.3. The van der Waals surface area contributed by atoms with Crippen molar-refractivity contribution in [3.05, 3.63) is 47.8 Å². The fraction of sp³-hybridized carbons (Fsp3) is 0.500. The number of aryl methyl sites for hydroxylation is 1. The van der Waals surface area contributed by atoms with Crippen LogP contribution in [0.3, 0.4) is 0 Å². The number of esters is 1. The van der Waals surface area contributed by atoms with Crippen molar-refractivity contribution < 1.29 is 14.3 Å². The third-order valence-electron chi connectivity index (χ3n) is 5.66. The van der Waals surface area contributed by atoms with E-state index < -0.39 is 17.9 Å². The Labute approximate surface area is 198 Å². The van der Waals surface area contributed by atoms with Gasteiger partial charge < -0.3 is 4.74 Å². The SMILES string of the molecule is C#CC(=O)C(CCCCC)OC(=O)c1ccc(-c2ncc(CCCCCCCC)cn2)cc1. The highest BCUT2D eigenvalue weighted by molar-refractivity contribution is 6.00. The molecule has 1 unspecified atom stereocenters. The van der Waals surface area contributed by atoms with Gasteiger partial charge in [-0.1, -0.05) is 70.9 Å². The average molecular weight is 449 g/mol. The molecule has 0 fully saturated rings. The molecule has 0 bridgehead atoms. The van der Waals surface area contributed by atoms with Crippen LogP contribution in [0.1, 0.15) is 94.0 Å². The lowest BCUT2D eigenvalue weighted by molar-refractivity contribution is -0.122. The number of rotatable bonds is 15. The molecule has 2 aromatic rings. The number of carbonyl (C=O) groups excluding carboxylic acids is 2. The number of benzene rings is 1. The molecule has 176 valence electrons. The highest BCUT2D eigenvalue weighted by atomic mass is 16.5. The highest BCUT2D eigenvalue weighted by Gasteiger charge is 2.22. The average Bonchev–Trinajstić information content (AvgIpc) is 2.85. The van der Waals surface area contributed by atoms with Crippen molar-refractivity contribution in [1.29, 1.82) is 0 Å². The Morgan fingerprint density at radius 3 is 2.15 bits per heavy atom. The second kappa shape index (κ2) is 14.9. The number of ketones is 1. The van der Waals surface area contributed by atoms with Crippen molar-refractivity contribution in [2.24, 2.45) is 0 Å². The second-order valence-electron chi connectivity index (χ2n) is 8.41. The summed E-state index contributed by atoms with van der Waals surface area (Å²) >= 11 is 0. The summed E-state index contributed by atoms with van der Waals surface area (Å²) in [6.45, 7) is 4.30. The molecule has 0 N–H and O–H groups in total. The van der Waals surface area contributed by atoms with Crippen LogP contribution in [0.2, 0.25) is 0 Å². The van der Waals surface area contributed by atoms with Crippen LogP contribution in [0.25, 0.3) is 11.4 Å². The Balaban J connectivity index is 1.91. The molecular weight excluding hydrogens is 412 g/mol. The summed E-state index contributed by atoms with van der Waals surface area (Å²) in [6, 6.07) is 6.90. The monoisotopic (exact) mass is 448 g/mol. The van der Waals surface area contributed by atoms with E-state index in [-0.39, 0.29) is 0 Å². The number of carbonyl (C=O) groups is 2. The maximum Gasteiger partial charge on any atom is 0.338 e. The second-order valence-corrected chi connectivity index (χ2v) is 8.41. The summed E-state index contributed by atoms with van der Waals surface area (Å²) in [5.74, 6) is 1.64. The molecule has 0 saturated heterocycles. The van der Waals surface area contributed by atoms with E-state index in [1.165, 1.54) is 32.1 Å². The normalized spacial score (nSPS) is 11.5. The van der Waals surface area contributed by atoms with E-state index in [1.54, 1.807) is 24.3 Å². The molecule has 0 saturated carbocycles. The molecule has 0 aliphatic carbocycles. The molecule has 1 heterocycles. The van der Waals surface area contributed by atoms with E-state index in [9.17, 15) is 9.59 Å². The van der Waals surface area contributed by atoms with Gasteiger partial charge in [-0.3, -0.25) is 4.79 Å². The summed E-state index contributed by atoms with van der Waals surface area (Å²) < 4.78 is 5.40. The van der Waals surface area contributed by atoms with Crippen molar-refractivity contribution in [3.8, 4) is 23.7 Å². The van der Waals surface area contributed by atoms with Crippen molar-refractivity contribution in [1.82, 2.24) is 9.97 Å². The zero-order valence-electron chi connectivity index (χ0n) is 20.0. The van der Waals surface area contributed by atoms with E-state index in [1.807, 2.05) is 12.4 Å². The lowest BCUT2D eigenvalue weighted by atomic mass is 10.1. The number of nitrogens with zero attached hydrogens (tertiary/aromatic N) is 2. The lowest BCUT2D eigenvalue weighted by Crippen LogP contribution is -2.26. The highest BCUT2D eigenvalue weighted by Crippen LogP contribution is 2.18. The number of Topliss-reactive ketones (excluding diaryl/α,β-unsaturated/α-hetero) is 1. The van der Waals surface area contributed by atoms with Gasteiger partial charge in [0, 0.05) is 18.0 Å². The standard InChI is InChI=1S/C28H36N2O3/c1-4-7-9-10-11-13-14-22-20-29-27(30-21-22)23-16-18-24(19-17-23)28(32)33-26(25(31)6-3)15-12-8-5-2/h3,16-21,26H,4-5,7-15H2,1-2H3. The van der Waals surface area contributed by atoms with Gasteiger partial charge >= 0.3 is 5.97 Å². The van der Waals surface area contributed by atoms with E-state index in [4.69, 9.17) is 11.2 Å². The van der Waals surface area contributed by atoms with Crippen LogP contribution in [0.15, 0.2) is 36.7 Å². The Morgan fingerprint density at radius 1 is 0.909 bits per heavy atom. The van der Waals surface area contributed by atoms with Crippen LogP contribution in [0, 0.1) is 12.3 Å². The quantitative estimate of drug-likeness (QED) is 0.137. The van der Waals surface area contributed by atoms with E-state index in [2.05, 4.69) is 29.7 Å². The molecule has 1 aromatic heterocycles. The summed E-state index contributed by atoms with van der Waals surface area (Å²) in [5, 5.41) is 0. The zero-order chi connectivity index (χ0) is 23.9. The van der Waals surface area contributed by atoms with Crippen LogP contribution in [0.5, 0.6) is 0 Å². The topological polar surface area (TPSA) is 69.2 Å². The van der Waals surface area contributed by atoms with Gasteiger partial charge in [0.05, 0.1) is 5.56 Å². The van der Waals surface area contributed by atoms with Crippen molar-refractivity contribution in [2.45, 2.75) is 90.6 Å². The first-order chi connectivity index (χ1) is 16.1. The molecule has 5 heteroatoms. The zero-order valence-corrected chi connectivity index (χ0v) is 20.0. The van der Waals surface area contributed by atoms with Crippen LogP contribution in [0.4, 0.5) is 0 Å². The minimum atomic E-state index is -0.892. The molecule has 0 spiro atoms. The molecule has 0 aliphatic rings. The molecular formula is C28H36N2O3. The Kier molecular flexibility index (Phi) is 11.9. The van der Waals surface area contributed by atoms with Gasteiger partial charge in [-0.05, 0) is 49.3 Å². The fourth-order valence-electron chi connectivity index (χ4n) is 3.61. The van der Waals surface area contributed by atoms with E-state index in [0.717, 1.165) is 43.2 Å². The van der Waals surface area contributed by atoms with E-state index >= 15 is 0 Å². The predicted octanol–water partition coefficient (Wildman–Crippen LogP) is 6.35. The maximum absolute atomic E-state index is 12.5. The number of ether oxygens (including phenoxy) is 1. The van der Waals surface area contributed by atoms with Crippen LogP contribution in [-0.2, 0) is 16.0 Å². The molecule has 0 radical (unpaired) electrons. The summed E-state index contributed by atoms with van der Waals surface area (Å²) in [7, 11) is 0. The van der Waals surface area contributed by atoms with Gasteiger partial charge in [0.15, 0.2) is 11.9 Å². The molecule has 2 rings (SSSR count). The fourth-order valence-corrected chi connectivity index (χ4v) is 3.61. The first-order valence-corrected chi connectivity index (χ1v) is 12.2. The van der Waals surface area contributed by atoms with Gasteiger partial charge in [-0.2, -0.15) is 0 Å². The van der Waals surface area contributed by atoms with Crippen LogP contribution < -0.4 is 0 Å². The van der Waals surface area contributed by atoms with E-state index in [0.29, 0.717) is 17.8 Å². The largest absolute Gasteiger partial charge is 0.450 e. The number of hydrogen-bond acceptors (Lipinski definition) is 5. The van der Waals surface area contributed by atoms with Crippen molar-refractivity contribution in [3.63, 3.8) is 0 Å². The Morgan fingerprint density at radius 2 is 1.52 bits per heavy atom. The predicted molar refractivity (Wildman–Crippen MR) is 132 cm³/mol. The third kappa shape index (κ3) is 9.18. The molecule has 33 heavy (non-hydrogen) atoms. The summed E-state index contributed by atoms with van der Waals surface area (Å²) in [6.07, 6.45) is 19.9. The number of aromatic nitrogens is 2. The third-order valence-corrected chi connectivity index (χ3v) is 5.66. The molecule has 0 amide bonds. The number of hydrogen-bond donors (Lipinski definition) is 0. The molecule has 1 atom stereocenters. The van der Waals surface area contributed by atoms with Gasteiger partial charge in [-0.25, -0.2) is 14.8 Å². The summed E-state index contributed by atoms with van der Waals surface area (Å²) in [4.78, 5) is 33.4. The Bertz CT molecular complexity index is 898. The molecule has 0 aliphatic heterocycles. The minimum Gasteiger partial charge on any atom is -0.450 e. The van der Waals surface area contributed by atoms with Gasteiger partial charge in [-0.15, -0.1) is 6.42 Å². The van der Waals surface area contributed by atoms with Gasteiger partial charge in [0.25, 0.3) is 0 Å². The van der Waals surface area contributed by atoms with Crippen molar-refractivity contribution in [2.75, 3.05) is 0 Å². The maximum atomic E-state index is 12.5. The van der Waals surface area contributed by atoms with Crippen LogP contribution >= 0.6 is 0 Å². The molecule has 5 nitrogen and oxygen atoms in total. The Hall–Kier alpha value is -3.00. The number of terminal acetylenes is 1. The number of unbranched alkanes of at least 4 members (excludes halogenated alkanes) is 7. The minimum absolute atomic E-state index is 0.365. The smallest absolute Gasteiger partial charge is 0.338 e. The van der Waals surface area contributed by atoms with Crippen LogP contribution in [-0.4, -0.2) is 27.8 Å². The molecule has 1 aromatic carbocycles.